The van der Waals surface area contributed by atoms with E-state index in [1.165, 1.54) is 12.8 Å². The molecule has 0 atom stereocenters. The summed E-state index contributed by atoms with van der Waals surface area (Å²) in [4.78, 5) is 0. The van der Waals surface area contributed by atoms with E-state index in [4.69, 9.17) is 9.47 Å². The third kappa shape index (κ3) is 6.62. The first-order valence-corrected chi connectivity index (χ1v) is 4.68. The number of hydrogen-bond acceptors (Lipinski definition) is 2. The van der Waals surface area contributed by atoms with E-state index in [-0.39, 0.29) is 0 Å². The van der Waals surface area contributed by atoms with Crippen LogP contribution in [-0.4, -0.2) is 27.4 Å². The summed E-state index contributed by atoms with van der Waals surface area (Å²) in [5, 5.41) is 0. The average Bonchev–Trinajstić information content (AvgIpc) is 2.01. The zero-order valence-electron chi connectivity index (χ0n) is 8.80. The summed E-state index contributed by atoms with van der Waals surface area (Å²) in [6.07, 6.45) is 2.47. The van der Waals surface area contributed by atoms with Crippen molar-refractivity contribution in [2.75, 3.05) is 27.4 Å². The van der Waals surface area contributed by atoms with E-state index in [1.54, 1.807) is 14.2 Å². The van der Waals surface area contributed by atoms with Gasteiger partial charge in [-0.1, -0.05) is 20.3 Å². The molecule has 0 unspecified atom stereocenters. The van der Waals surface area contributed by atoms with Gasteiger partial charge in [0.1, 0.15) is 0 Å². The molecular formula is C10H22O2. The molecule has 0 saturated carbocycles. The molecule has 0 radical (unpaired) electrons. The lowest BCUT2D eigenvalue weighted by molar-refractivity contribution is 0.0778. The van der Waals surface area contributed by atoms with Gasteiger partial charge in [0.15, 0.2) is 0 Å². The van der Waals surface area contributed by atoms with Crippen LogP contribution in [0, 0.1) is 11.8 Å². The molecule has 0 heterocycles. The van der Waals surface area contributed by atoms with Gasteiger partial charge in [0, 0.05) is 20.1 Å². The maximum Gasteiger partial charge on any atom is 0.0512 e. The third-order valence-electron chi connectivity index (χ3n) is 1.96. The van der Waals surface area contributed by atoms with Gasteiger partial charge in [-0.2, -0.15) is 0 Å². The first kappa shape index (κ1) is 11.9. The fourth-order valence-corrected chi connectivity index (χ4v) is 1.26. The fourth-order valence-electron chi connectivity index (χ4n) is 1.26. The Bertz CT molecular complexity index is 85.8. The predicted molar refractivity (Wildman–Crippen MR) is 51.3 cm³/mol. The van der Waals surface area contributed by atoms with E-state index < -0.39 is 0 Å². The van der Waals surface area contributed by atoms with Crippen LogP contribution in [0.1, 0.15) is 26.7 Å². The summed E-state index contributed by atoms with van der Waals surface area (Å²) >= 11 is 0. The predicted octanol–water partition coefficient (Wildman–Crippen LogP) is 2.33. The van der Waals surface area contributed by atoms with Crippen molar-refractivity contribution in [3.8, 4) is 0 Å². The van der Waals surface area contributed by atoms with E-state index in [1.807, 2.05) is 0 Å². The van der Waals surface area contributed by atoms with E-state index >= 15 is 0 Å². The molecule has 0 saturated heterocycles. The van der Waals surface area contributed by atoms with Gasteiger partial charge >= 0.3 is 0 Å². The lowest BCUT2D eigenvalue weighted by Crippen LogP contribution is -2.15. The molecule has 0 aliphatic carbocycles. The van der Waals surface area contributed by atoms with Gasteiger partial charge < -0.3 is 9.47 Å². The molecule has 0 aliphatic rings. The molecule has 2 nitrogen and oxygen atoms in total. The lowest BCUT2D eigenvalue weighted by Gasteiger charge is -2.15. The maximum absolute atomic E-state index is 5.11. The van der Waals surface area contributed by atoms with E-state index in [2.05, 4.69) is 13.8 Å². The Morgan fingerprint density at radius 1 is 0.917 bits per heavy atom. The van der Waals surface area contributed by atoms with Crippen molar-refractivity contribution in [1.29, 1.82) is 0 Å². The van der Waals surface area contributed by atoms with Gasteiger partial charge in [-0.25, -0.2) is 0 Å². The van der Waals surface area contributed by atoms with Crippen LogP contribution in [0.15, 0.2) is 0 Å². The SMILES string of the molecule is COCC(CCC(C)C)COC. The molecule has 0 N–H and O–H groups in total. The summed E-state index contributed by atoms with van der Waals surface area (Å²) in [6, 6.07) is 0. The fraction of sp³-hybridized carbons (Fsp3) is 1.00. The summed E-state index contributed by atoms with van der Waals surface area (Å²) in [5.41, 5.74) is 0. The molecule has 0 bridgehead atoms. The van der Waals surface area contributed by atoms with Crippen LogP contribution in [0.3, 0.4) is 0 Å². The minimum atomic E-state index is 0.572. The smallest absolute Gasteiger partial charge is 0.0512 e. The average molecular weight is 174 g/mol. The zero-order valence-corrected chi connectivity index (χ0v) is 8.80. The molecule has 0 aliphatic heterocycles. The first-order chi connectivity index (χ1) is 5.70. The highest BCUT2D eigenvalue weighted by Gasteiger charge is 2.08. The molecule has 0 spiro atoms. The normalized spacial score (nSPS) is 11.5. The van der Waals surface area contributed by atoms with E-state index in [0.29, 0.717) is 5.92 Å². The van der Waals surface area contributed by atoms with Crippen molar-refractivity contribution < 1.29 is 9.47 Å². The van der Waals surface area contributed by atoms with Crippen LogP contribution in [0.5, 0.6) is 0 Å². The van der Waals surface area contributed by atoms with Crippen molar-refractivity contribution in [3.05, 3.63) is 0 Å². The van der Waals surface area contributed by atoms with Crippen LogP contribution in [-0.2, 0) is 9.47 Å². The van der Waals surface area contributed by atoms with Crippen molar-refractivity contribution in [3.63, 3.8) is 0 Å². The molecule has 0 rings (SSSR count). The molecule has 0 aromatic carbocycles. The maximum atomic E-state index is 5.11. The molecule has 74 valence electrons. The minimum Gasteiger partial charge on any atom is -0.384 e. The van der Waals surface area contributed by atoms with Crippen molar-refractivity contribution >= 4 is 0 Å². The molecule has 0 aromatic rings. The summed E-state index contributed by atoms with van der Waals surface area (Å²) in [7, 11) is 3.50. The van der Waals surface area contributed by atoms with Crippen molar-refractivity contribution in [1.82, 2.24) is 0 Å². The molecule has 0 aromatic heterocycles. The second-order valence-corrected chi connectivity index (χ2v) is 3.75. The Labute approximate surface area is 76.3 Å². The highest BCUT2D eigenvalue weighted by Crippen LogP contribution is 2.12. The van der Waals surface area contributed by atoms with Gasteiger partial charge in [-0.15, -0.1) is 0 Å². The van der Waals surface area contributed by atoms with Crippen LogP contribution in [0.4, 0.5) is 0 Å². The highest BCUT2D eigenvalue weighted by atomic mass is 16.5. The molecular weight excluding hydrogens is 152 g/mol. The van der Waals surface area contributed by atoms with Gasteiger partial charge in [0.05, 0.1) is 13.2 Å². The summed E-state index contributed by atoms with van der Waals surface area (Å²) in [5.74, 6) is 1.35. The number of methoxy groups -OCH3 is 2. The van der Waals surface area contributed by atoms with Crippen LogP contribution in [0.2, 0.25) is 0 Å². The lowest BCUT2D eigenvalue weighted by atomic mass is 9.99. The summed E-state index contributed by atoms with van der Waals surface area (Å²) < 4.78 is 10.2. The molecule has 2 heteroatoms. The van der Waals surface area contributed by atoms with Crippen molar-refractivity contribution in [2.24, 2.45) is 11.8 Å². The minimum absolute atomic E-state index is 0.572. The Balaban J connectivity index is 3.48. The third-order valence-corrected chi connectivity index (χ3v) is 1.96. The monoisotopic (exact) mass is 174 g/mol. The van der Waals surface area contributed by atoms with Crippen molar-refractivity contribution in [2.45, 2.75) is 26.7 Å². The topological polar surface area (TPSA) is 18.5 Å². The Morgan fingerprint density at radius 3 is 1.75 bits per heavy atom. The van der Waals surface area contributed by atoms with Crippen LogP contribution >= 0.6 is 0 Å². The molecule has 12 heavy (non-hydrogen) atoms. The first-order valence-electron chi connectivity index (χ1n) is 4.68. The number of hydrogen-bond donors (Lipinski definition) is 0. The number of rotatable bonds is 7. The second-order valence-electron chi connectivity index (χ2n) is 3.75. The Hall–Kier alpha value is -0.0800. The zero-order chi connectivity index (χ0) is 9.40. The van der Waals surface area contributed by atoms with Gasteiger partial charge in [-0.3, -0.25) is 0 Å². The Kier molecular flexibility index (Phi) is 7.51. The van der Waals surface area contributed by atoms with E-state index in [9.17, 15) is 0 Å². The second kappa shape index (κ2) is 7.56. The highest BCUT2D eigenvalue weighted by molar-refractivity contribution is 4.58. The Morgan fingerprint density at radius 2 is 1.42 bits per heavy atom. The largest absolute Gasteiger partial charge is 0.384 e. The standard InChI is InChI=1S/C10H22O2/c1-9(2)5-6-10(7-11-3)8-12-4/h9-10H,5-8H2,1-4H3. The molecule has 0 fully saturated rings. The van der Waals surface area contributed by atoms with Crippen LogP contribution < -0.4 is 0 Å². The quantitative estimate of drug-likeness (QED) is 0.589. The van der Waals surface area contributed by atoms with E-state index in [0.717, 1.165) is 19.1 Å². The number of ether oxygens (including phenoxy) is 2. The summed E-state index contributed by atoms with van der Waals surface area (Å²) in [6.45, 7) is 6.13. The molecule has 0 amide bonds. The van der Waals surface area contributed by atoms with Gasteiger partial charge in [0.25, 0.3) is 0 Å². The van der Waals surface area contributed by atoms with Gasteiger partial charge in [-0.05, 0) is 12.3 Å². The van der Waals surface area contributed by atoms with Gasteiger partial charge in [0.2, 0.25) is 0 Å². The van der Waals surface area contributed by atoms with Crippen LogP contribution in [0.25, 0.3) is 0 Å².